The summed E-state index contributed by atoms with van der Waals surface area (Å²) in [5.41, 5.74) is 0. The summed E-state index contributed by atoms with van der Waals surface area (Å²) in [6.07, 6.45) is 47.8. The average Bonchev–Trinajstić information content (AvgIpc) is 3.25. The van der Waals surface area contributed by atoms with Crippen LogP contribution in [0.1, 0.15) is 181 Å². The molecule has 6 unspecified atom stereocenters. The molecule has 60 heavy (non-hydrogen) atoms. The first kappa shape index (κ1) is 55.6. The molecule has 1 heterocycles. The van der Waals surface area contributed by atoms with Crippen molar-refractivity contribution in [3.63, 3.8) is 0 Å². The molecule has 0 amide bonds. The van der Waals surface area contributed by atoms with Gasteiger partial charge in [-0.1, -0.05) is 164 Å². The van der Waals surface area contributed by atoms with Crippen LogP contribution in [0.5, 0.6) is 0 Å². The highest BCUT2D eigenvalue weighted by atomic mass is 16.7. The zero-order valence-electron chi connectivity index (χ0n) is 37.9. The van der Waals surface area contributed by atoms with Gasteiger partial charge in [-0.05, 0) is 83.5 Å². The fraction of sp³-hybridized carbons (Fsp3) is 0.745. The lowest BCUT2D eigenvalue weighted by molar-refractivity contribution is -0.305. The number of unbranched alkanes of at least 4 members (excludes halogenated alkanes) is 17. The van der Waals surface area contributed by atoms with Crippen LogP contribution in [0, 0.1) is 0 Å². The number of carbonyl (C=O) groups excluding carboxylic acids is 1. The smallest absolute Gasteiger partial charge is 0.306 e. The minimum Gasteiger partial charge on any atom is -0.457 e. The van der Waals surface area contributed by atoms with Crippen LogP contribution in [-0.4, -0.2) is 89.6 Å². The predicted octanol–water partition coefficient (Wildman–Crippen LogP) is 11.3. The lowest BCUT2D eigenvalue weighted by Gasteiger charge is -2.39. The van der Waals surface area contributed by atoms with Crippen molar-refractivity contribution in [3.8, 4) is 0 Å². The van der Waals surface area contributed by atoms with Crippen LogP contribution in [0.15, 0.2) is 72.9 Å². The Morgan fingerprint density at radius 3 is 1.55 bits per heavy atom. The lowest BCUT2D eigenvalue weighted by Crippen LogP contribution is -2.59. The minimum atomic E-state index is -1.54. The minimum absolute atomic E-state index is 0.126. The number of aliphatic hydroxyl groups excluding tert-OH is 4. The van der Waals surface area contributed by atoms with Gasteiger partial charge in [-0.15, -0.1) is 0 Å². The number of allylic oxidation sites excluding steroid dienone is 12. The first-order chi connectivity index (χ1) is 29.4. The molecule has 0 radical (unpaired) electrons. The third kappa shape index (κ3) is 32.4. The molecule has 9 heteroatoms. The van der Waals surface area contributed by atoms with Gasteiger partial charge in [0.05, 0.1) is 19.8 Å². The summed E-state index contributed by atoms with van der Waals surface area (Å²) in [6, 6.07) is 0. The van der Waals surface area contributed by atoms with Crippen LogP contribution in [0.4, 0.5) is 0 Å². The Morgan fingerprint density at radius 1 is 0.550 bits per heavy atom. The molecule has 1 aliphatic rings. The molecule has 0 aliphatic carbocycles. The van der Waals surface area contributed by atoms with Crippen molar-refractivity contribution in [2.75, 3.05) is 26.4 Å². The van der Waals surface area contributed by atoms with E-state index in [0.717, 1.165) is 96.3 Å². The molecular formula is C51H88O9. The molecule has 0 bridgehead atoms. The molecule has 0 aromatic heterocycles. The first-order valence-corrected chi connectivity index (χ1v) is 24.0. The van der Waals surface area contributed by atoms with Crippen LogP contribution >= 0.6 is 0 Å². The van der Waals surface area contributed by atoms with E-state index in [-0.39, 0.29) is 19.2 Å². The van der Waals surface area contributed by atoms with Crippen molar-refractivity contribution in [1.29, 1.82) is 0 Å². The second-order valence-corrected chi connectivity index (χ2v) is 16.2. The van der Waals surface area contributed by atoms with Gasteiger partial charge < -0.3 is 39.4 Å². The van der Waals surface area contributed by atoms with Crippen molar-refractivity contribution < 1.29 is 44.2 Å². The van der Waals surface area contributed by atoms with E-state index in [2.05, 4.69) is 86.8 Å². The first-order valence-electron chi connectivity index (χ1n) is 24.0. The fourth-order valence-corrected chi connectivity index (χ4v) is 6.87. The number of hydrogen-bond acceptors (Lipinski definition) is 9. The van der Waals surface area contributed by atoms with Crippen LogP contribution in [-0.2, 0) is 23.7 Å². The SMILES string of the molecule is CC/C=C\C/C=C\C/C=C\C/C=C\C/C=C\CCCCCCCCOCC(COC1OC(CO)C(O)C(O)C1O)OC(=O)CCCCCCC/C=C\CCCCCCCC. The summed E-state index contributed by atoms with van der Waals surface area (Å²) < 4.78 is 22.8. The van der Waals surface area contributed by atoms with E-state index in [9.17, 15) is 25.2 Å². The van der Waals surface area contributed by atoms with Gasteiger partial charge in [-0.3, -0.25) is 4.79 Å². The molecule has 0 aromatic rings. The molecule has 0 spiro atoms. The van der Waals surface area contributed by atoms with E-state index in [4.69, 9.17) is 18.9 Å². The Labute approximate surface area is 366 Å². The number of esters is 1. The van der Waals surface area contributed by atoms with Crippen LogP contribution < -0.4 is 0 Å². The molecule has 9 nitrogen and oxygen atoms in total. The monoisotopic (exact) mass is 845 g/mol. The highest BCUT2D eigenvalue weighted by Crippen LogP contribution is 2.22. The normalized spacial score (nSPS) is 20.7. The maximum atomic E-state index is 12.8. The van der Waals surface area contributed by atoms with Crippen molar-refractivity contribution in [2.24, 2.45) is 0 Å². The van der Waals surface area contributed by atoms with Gasteiger partial charge in [0.15, 0.2) is 6.29 Å². The van der Waals surface area contributed by atoms with E-state index in [0.29, 0.717) is 13.0 Å². The number of hydrogen-bond donors (Lipinski definition) is 4. The standard InChI is InChI=1S/C51H88O9/c1-3-5-7-9-11-13-15-17-19-20-21-22-23-24-25-27-29-31-33-35-37-39-41-57-43-45(44-58-51-50(56)49(55)48(54)46(42-52)60-51)59-47(53)40-38-36-34-32-30-28-26-18-16-14-12-10-8-6-4-2/h5,7,11,13,17-19,21-22,24-26,45-46,48-52,54-56H,3-4,6,8-10,12,14-16,20,23,27-44H2,1-2H3/b7-5-,13-11-,19-17-,22-21-,25-24-,26-18-. The van der Waals surface area contributed by atoms with Gasteiger partial charge in [0.2, 0.25) is 0 Å². The maximum Gasteiger partial charge on any atom is 0.306 e. The Kier molecular flexibility index (Phi) is 38.9. The van der Waals surface area contributed by atoms with Crippen molar-refractivity contribution in [2.45, 2.75) is 218 Å². The molecule has 4 N–H and O–H groups in total. The number of ether oxygens (including phenoxy) is 4. The largest absolute Gasteiger partial charge is 0.457 e. The summed E-state index contributed by atoms with van der Waals surface area (Å²) in [5.74, 6) is -0.330. The van der Waals surface area contributed by atoms with Crippen molar-refractivity contribution in [1.82, 2.24) is 0 Å². The summed E-state index contributed by atoms with van der Waals surface area (Å²) in [6.45, 7) is 4.39. The van der Waals surface area contributed by atoms with Crippen molar-refractivity contribution in [3.05, 3.63) is 72.9 Å². The molecule has 6 atom stereocenters. The van der Waals surface area contributed by atoms with Crippen LogP contribution in [0.2, 0.25) is 0 Å². The van der Waals surface area contributed by atoms with Gasteiger partial charge in [0.1, 0.15) is 30.5 Å². The van der Waals surface area contributed by atoms with Gasteiger partial charge in [-0.2, -0.15) is 0 Å². The Morgan fingerprint density at radius 2 is 1.02 bits per heavy atom. The molecule has 0 aromatic carbocycles. The Balaban J connectivity index is 2.26. The van der Waals surface area contributed by atoms with Gasteiger partial charge >= 0.3 is 5.97 Å². The second-order valence-electron chi connectivity index (χ2n) is 16.2. The van der Waals surface area contributed by atoms with Crippen LogP contribution in [0.3, 0.4) is 0 Å². The molecular weight excluding hydrogens is 757 g/mol. The molecule has 1 saturated heterocycles. The zero-order chi connectivity index (χ0) is 43.6. The van der Waals surface area contributed by atoms with E-state index >= 15 is 0 Å². The van der Waals surface area contributed by atoms with Crippen molar-refractivity contribution >= 4 is 5.97 Å². The summed E-state index contributed by atoms with van der Waals surface area (Å²) in [7, 11) is 0. The van der Waals surface area contributed by atoms with Gasteiger partial charge in [-0.25, -0.2) is 0 Å². The summed E-state index contributed by atoms with van der Waals surface area (Å²) >= 11 is 0. The predicted molar refractivity (Wildman–Crippen MR) is 247 cm³/mol. The summed E-state index contributed by atoms with van der Waals surface area (Å²) in [4.78, 5) is 12.8. The van der Waals surface area contributed by atoms with E-state index in [1.54, 1.807) is 0 Å². The zero-order valence-corrected chi connectivity index (χ0v) is 37.9. The van der Waals surface area contributed by atoms with E-state index < -0.39 is 43.4 Å². The quantitative estimate of drug-likeness (QED) is 0.0270. The molecule has 1 rings (SSSR count). The number of aliphatic hydroxyl groups is 4. The third-order valence-electron chi connectivity index (χ3n) is 10.6. The second kappa shape index (κ2) is 42.0. The van der Waals surface area contributed by atoms with E-state index in [1.165, 1.54) is 64.2 Å². The number of rotatable bonds is 40. The fourth-order valence-electron chi connectivity index (χ4n) is 6.87. The Bertz CT molecular complexity index is 1140. The number of carbonyl (C=O) groups is 1. The topological polar surface area (TPSA) is 135 Å². The van der Waals surface area contributed by atoms with E-state index in [1.807, 2.05) is 0 Å². The van der Waals surface area contributed by atoms with Gasteiger partial charge in [0, 0.05) is 13.0 Å². The van der Waals surface area contributed by atoms with Crippen LogP contribution in [0.25, 0.3) is 0 Å². The Hall–Kier alpha value is -2.37. The lowest BCUT2D eigenvalue weighted by atomic mass is 9.99. The highest BCUT2D eigenvalue weighted by molar-refractivity contribution is 5.69. The maximum absolute atomic E-state index is 12.8. The van der Waals surface area contributed by atoms with Gasteiger partial charge in [0.25, 0.3) is 0 Å². The molecule has 346 valence electrons. The highest BCUT2D eigenvalue weighted by Gasteiger charge is 2.44. The summed E-state index contributed by atoms with van der Waals surface area (Å²) in [5, 5.41) is 40.2. The molecule has 0 saturated carbocycles. The average molecular weight is 845 g/mol. The third-order valence-corrected chi connectivity index (χ3v) is 10.6. The molecule has 1 fully saturated rings. The molecule has 1 aliphatic heterocycles.